The van der Waals surface area contributed by atoms with Gasteiger partial charge in [-0.3, -0.25) is 4.79 Å². The maximum Gasteiger partial charge on any atom is 0.416 e. The highest BCUT2D eigenvalue weighted by Crippen LogP contribution is 2.32. The molecule has 0 aliphatic carbocycles. The predicted octanol–water partition coefficient (Wildman–Crippen LogP) is 7.12. The summed E-state index contributed by atoms with van der Waals surface area (Å²) in [5.74, 6) is 0.535. The number of nitrogens with one attached hydrogen (secondary N) is 1. The first-order valence-corrected chi connectivity index (χ1v) is 10.9. The SMILES string of the molecule is O=C(Nc1ccccc1OCc1ccccc1)c1ccc(OCc2ccccc2C(F)(F)F)cc1. The predicted molar refractivity (Wildman–Crippen MR) is 127 cm³/mol. The zero-order valence-electron chi connectivity index (χ0n) is 18.6. The smallest absolute Gasteiger partial charge is 0.416 e. The standard InChI is InChI=1S/C28H22F3NO3/c29-28(30,31)24-11-5-4-10-22(24)19-34-23-16-14-21(15-17-23)27(33)32-25-12-6-7-13-26(25)35-18-20-8-2-1-3-9-20/h1-17H,18-19H2,(H,32,33). The average Bonchev–Trinajstić information content (AvgIpc) is 2.87. The molecular formula is C28H22F3NO3. The fraction of sp³-hybridized carbons (Fsp3) is 0.107. The number of rotatable bonds is 8. The van der Waals surface area contributed by atoms with Gasteiger partial charge in [0.1, 0.15) is 24.7 Å². The number of ether oxygens (including phenoxy) is 2. The summed E-state index contributed by atoms with van der Waals surface area (Å²) in [7, 11) is 0. The van der Waals surface area contributed by atoms with E-state index in [0.29, 0.717) is 29.4 Å². The van der Waals surface area contributed by atoms with Crippen molar-refractivity contribution in [3.8, 4) is 11.5 Å². The highest BCUT2D eigenvalue weighted by molar-refractivity contribution is 6.05. The summed E-state index contributed by atoms with van der Waals surface area (Å²) in [6.07, 6.45) is -4.46. The Morgan fingerprint density at radius 3 is 2.11 bits per heavy atom. The van der Waals surface area contributed by atoms with Crippen molar-refractivity contribution in [2.45, 2.75) is 19.4 Å². The van der Waals surface area contributed by atoms with Crippen molar-refractivity contribution in [2.24, 2.45) is 0 Å². The van der Waals surface area contributed by atoms with Crippen molar-refractivity contribution in [1.82, 2.24) is 0 Å². The molecule has 0 saturated carbocycles. The van der Waals surface area contributed by atoms with E-state index in [0.717, 1.165) is 11.6 Å². The molecule has 0 aliphatic rings. The number of anilines is 1. The van der Waals surface area contributed by atoms with Gasteiger partial charge in [-0.1, -0.05) is 60.7 Å². The lowest BCUT2D eigenvalue weighted by Crippen LogP contribution is -2.13. The van der Waals surface area contributed by atoms with Gasteiger partial charge in [0.2, 0.25) is 0 Å². The van der Waals surface area contributed by atoms with Gasteiger partial charge in [0.25, 0.3) is 5.91 Å². The Labute approximate surface area is 200 Å². The number of halogens is 3. The molecule has 4 rings (SSSR count). The highest BCUT2D eigenvalue weighted by atomic mass is 19.4. The van der Waals surface area contributed by atoms with Crippen LogP contribution in [0.4, 0.5) is 18.9 Å². The van der Waals surface area contributed by atoms with E-state index in [-0.39, 0.29) is 18.1 Å². The molecule has 4 aromatic carbocycles. The molecule has 35 heavy (non-hydrogen) atoms. The van der Waals surface area contributed by atoms with Crippen LogP contribution in [0, 0.1) is 0 Å². The lowest BCUT2D eigenvalue weighted by Gasteiger charge is -2.14. The molecular weight excluding hydrogens is 455 g/mol. The van der Waals surface area contributed by atoms with Crippen molar-refractivity contribution in [1.29, 1.82) is 0 Å². The summed E-state index contributed by atoms with van der Waals surface area (Å²) >= 11 is 0. The normalized spacial score (nSPS) is 11.1. The van der Waals surface area contributed by atoms with Gasteiger partial charge in [0.05, 0.1) is 11.3 Å². The molecule has 7 heteroatoms. The van der Waals surface area contributed by atoms with Crippen LogP contribution in [0.2, 0.25) is 0 Å². The summed E-state index contributed by atoms with van der Waals surface area (Å²) in [6, 6.07) is 28.3. The van der Waals surface area contributed by atoms with Gasteiger partial charge in [-0.25, -0.2) is 0 Å². The number of carbonyl (C=O) groups is 1. The summed E-state index contributed by atoms with van der Waals surface area (Å²) < 4.78 is 50.8. The van der Waals surface area contributed by atoms with Crippen LogP contribution in [0.15, 0.2) is 103 Å². The molecule has 0 bridgehead atoms. The Balaban J connectivity index is 1.38. The molecule has 4 aromatic rings. The van der Waals surface area contributed by atoms with Crippen molar-refractivity contribution in [2.75, 3.05) is 5.32 Å². The first-order chi connectivity index (χ1) is 16.9. The van der Waals surface area contributed by atoms with Gasteiger partial charge in [0.15, 0.2) is 0 Å². The Kier molecular flexibility index (Phi) is 7.35. The van der Waals surface area contributed by atoms with Crippen molar-refractivity contribution in [3.63, 3.8) is 0 Å². The second-order valence-electron chi connectivity index (χ2n) is 7.69. The monoisotopic (exact) mass is 477 g/mol. The second kappa shape index (κ2) is 10.8. The number of amides is 1. The lowest BCUT2D eigenvalue weighted by molar-refractivity contribution is -0.138. The van der Waals surface area contributed by atoms with Crippen LogP contribution in [-0.2, 0) is 19.4 Å². The molecule has 1 amide bonds. The zero-order chi connectivity index (χ0) is 24.7. The largest absolute Gasteiger partial charge is 0.489 e. The quantitative estimate of drug-likeness (QED) is 0.294. The van der Waals surface area contributed by atoms with Gasteiger partial charge in [-0.2, -0.15) is 13.2 Å². The number of para-hydroxylation sites is 2. The molecule has 0 fully saturated rings. The number of carbonyl (C=O) groups excluding carboxylic acids is 1. The third-order valence-electron chi connectivity index (χ3n) is 5.21. The van der Waals surface area contributed by atoms with Crippen LogP contribution in [0.25, 0.3) is 0 Å². The fourth-order valence-electron chi connectivity index (χ4n) is 3.41. The molecule has 4 nitrogen and oxygen atoms in total. The van der Waals surface area contributed by atoms with Crippen LogP contribution in [0.3, 0.4) is 0 Å². The summed E-state index contributed by atoms with van der Waals surface area (Å²) in [5.41, 5.74) is 1.20. The van der Waals surface area contributed by atoms with E-state index < -0.39 is 11.7 Å². The Morgan fingerprint density at radius 1 is 0.714 bits per heavy atom. The van der Waals surface area contributed by atoms with Crippen LogP contribution >= 0.6 is 0 Å². The van der Waals surface area contributed by atoms with Crippen LogP contribution in [0.5, 0.6) is 11.5 Å². The third kappa shape index (κ3) is 6.41. The summed E-state index contributed by atoms with van der Waals surface area (Å²) in [6.45, 7) is 0.116. The Hall–Kier alpha value is -4.26. The molecule has 0 aliphatic heterocycles. The van der Waals surface area contributed by atoms with E-state index in [2.05, 4.69) is 5.32 Å². The molecule has 0 radical (unpaired) electrons. The Bertz CT molecular complexity index is 1270. The maximum absolute atomic E-state index is 13.1. The first kappa shape index (κ1) is 23.9. The number of benzene rings is 4. The lowest BCUT2D eigenvalue weighted by atomic mass is 10.1. The molecule has 0 heterocycles. The third-order valence-corrected chi connectivity index (χ3v) is 5.21. The van der Waals surface area contributed by atoms with Gasteiger partial charge in [0, 0.05) is 11.1 Å². The minimum atomic E-state index is -4.46. The molecule has 1 N–H and O–H groups in total. The average molecular weight is 477 g/mol. The van der Waals surface area contributed by atoms with Crippen molar-refractivity contribution < 1.29 is 27.4 Å². The Morgan fingerprint density at radius 2 is 1.37 bits per heavy atom. The van der Waals surface area contributed by atoms with E-state index in [4.69, 9.17) is 9.47 Å². The topological polar surface area (TPSA) is 47.6 Å². The summed E-state index contributed by atoms with van der Waals surface area (Å²) in [5, 5.41) is 2.83. The van der Waals surface area contributed by atoms with Crippen molar-refractivity contribution >= 4 is 11.6 Å². The van der Waals surface area contributed by atoms with E-state index in [9.17, 15) is 18.0 Å². The second-order valence-corrected chi connectivity index (χ2v) is 7.69. The molecule has 0 saturated heterocycles. The van der Waals surface area contributed by atoms with E-state index >= 15 is 0 Å². The van der Waals surface area contributed by atoms with Gasteiger partial charge in [-0.15, -0.1) is 0 Å². The first-order valence-electron chi connectivity index (χ1n) is 10.9. The molecule has 0 unspecified atom stereocenters. The van der Waals surface area contributed by atoms with Gasteiger partial charge in [-0.05, 0) is 48.0 Å². The van der Waals surface area contributed by atoms with Gasteiger partial charge < -0.3 is 14.8 Å². The van der Waals surface area contributed by atoms with Crippen molar-refractivity contribution in [3.05, 3.63) is 125 Å². The van der Waals surface area contributed by atoms with Crippen LogP contribution in [0.1, 0.15) is 27.0 Å². The summed E-state index contributed by atoms with van der Waals surface area (Å²) in [4.78, 5) is 12.8. The number of hydrogen-bond acceptors (Lipinski definition) is 3. The van der Waals surface area contributed by atoms with E-state index in [1.54, 1.807) is 42.5 Å². The van der Waals surface area contributed by atoms with E-state index in [1.807, 2.05) is 36.4 Å². The highest BCUT2D eigenvalue weighted by Gasteiger charge is 2.32. The molecule has 0 aromatic heterocycles. The zero-order valence-corrected chi connectivity index (χ0v) is 18.6. The van der Waals surface area contributed by atoms with Crippen LogP contribution in [-0.4, -0.2) is 5.91 Å². The molecule has 0 spiro atoms. The minimum absolute atomic E-state index is 0.0360. The molecule has 0 atom stereocenters. The minimum Gasteiger partial charge on any atom is -0.489 e. The van der Waals surface area contributed by atoms with Gasteiger partial charge >= 0.3 is 6.18 Å². The van der Waals surface area contributed by atoms with E-state index in [1.165, 1.54) is 18.2 Å². The number of alkyl halides is 3. The number of hydrogen-bond donors (Lipinski definition) is 1. The van der Waals surface area contributed by atoms with Crippen LogP contribution < -0.4 is 14.8 Å². The molecule has 178 valence electrons. The maximum atomic E-state index is 13.1. The fourth-order valence-corrected chi connectivity index (χ4v) is 3.41.